The van der Waals surface area contributed by atoms with Gasteiger partial charge in [0, 0.05) is 0 Å². The summed E-state index contributed by atoms with van der Waals surface area (Å²) in [5.74, 6) is 1.55. The van der Waals surface area contributed by atoms with Crippen molar-refractivity contribution in [2.75, 3.05) is 0 Å². The van der Waals surface area contributed by atoms with Gasteiger partial charge in [-0.2, -0.15) is 0 Å². The molecule has 0 heterocycles. The Morgan fingerprint density at radius 1 is 0.581 bits per heavy atom. The summed E-state index contributed by atoms with van der Waals surface area (Å²) in [5.41, 5.74) is -0.974. The molecule has 0 aliphatic rings. The predicted molar refractivity (Wildman–Crippen MR) is 138 cm³/mol. The Morgan fingerprint density at radius 3 is 1.03 bits per heavy atom. The Bertz CT molecular complexity index is 640. The van der Waals surface area contributed by atoms with Crippen LogP contribution in [0.4, 0.5) is 0 Å². The average Bonchev–Trinajstić information content (AvgIpc) is 2.77. The van der Waals surface area contributed by atoms with E-state index < -0.39 is 11.2 Å². The zero-order valence-electron chi connectivity index (χ0n) is 21.9. The zero-order valence-corrected chi connectivity index (χ0v) is 21.9. The van der Waals surface area contributed by atoms with E-state index in [1.54, 1.807) is 0 Å². The maximum Gasteiger partial charge on any atom is 0.0670 e. The van der Waals surface area contributed by atoms with Crippen molar-refractivity contribution >= 4 is 10.8 Å². The van der Waals surface area contributed by atoms with Crippen molar-refractivity contribution in [3.63, 3.8) is 0 Å². The fourth-order valence-electron chi connectivity index (χ4n) is 3.43. The molecule has 2 rings (SSSR count). The van der Waals surface area contributed by atoms with E-state index in [2.05, 4.69) is 104 Å². The van der Waals surface area contributed by atoms with Crippen LogP contribution in [0.2, 0.25) is 0 Å². The van der Waals surface area contributed by atoms with Crippen LogP contribution in [-0.4, -0.2) is 21.4 Å². The van der Waals surface area contributed by atoms with Crippen molar-refractivity contribution in [3.05, 3.63) is 48.5 Å². The van der Waals surface area contributed by atoms with Crippen molar-refractivity contribution in [1.29, 1.82) is 0 Å². The second kappa shape index (κ2) is 13.9. The highest BCUT2D eigenvalue weighted by Crippen LogP contribution is 2.30. The molecule has 0 aromatic heterocycles. The highest BCUT2D eigenvalue weighted by molar-refractivity contribution is 5.81. The summed E-state index contributed by atoms with van der Waals surface area (Å²) in [5, 5.41) is 22.5. The molecule has 0 saturated heterocycles. The Labute approximate surface area is 193 Å². The van der Waals surface area contributed by atoms with Crippen LogP contribution in [0.5, 0.6) is 0 Å². The molecule has 0 aliphatic carbocycles. The number of rotatable bonds is 7. The van der Waals surface area contributed by atoms with E-state index in [0.717, 1.165) is 19.3 Å². The second-order valence-electron chi connectivity index (χ2n) is 9.88. The molecule has 0 fully saturated rings. The molecule has 31 heavy (non-hydrogen) atoms. The predicted octanol–water partition coefficient (Wildman–Crippen LogP) is 8.11. The van der Waals surface area contributed by atoms with Gasteiger partial charge < -0.3 is 10.2 Å². The normalized spacial score (nSPS) is 17.8. The molecule has 4 unspecified atom stereocenters. The molecule has 2 aromatic rings. The molecule has 2 heteroatoms. The van der Waals surface area contributed by atoms with Gasteiger partial charge in [-0.05, 0) is 48.3 Å². The summed E-state index contributed by atoms with van der Waals surface area (Å²) < 4.78 is 0. The van der Waals surface area contributed by atoms with Gasteiger partial charge in [-0.25, -0.2) is 0 Å². The summed E-state index contributed by atoms with van der Waals surface area (Å²) in [6.45, 7) is 20.7. The van der Waals surface area contributed by atoms with Crippen LogP contribution in [0.1, 0.15) is 88.5 Å². The first-order valence-electron chi connectivity index (χ1n) is 12.2. The summed E-state index contributed by atoms with van der Waals surface area (Å²) in [7, 11) is 0. The SMILES string of the molecule is CCC(C)C(C)(O)C(C)C.CCC(C)C(C)(O)C(C)CC.c1ccc2ccccc2c1. The molecule has 2 aromatic carbocycles. The lowest BCUT2D eigenvalue weighted by molar-refractivity contribution is -0.0440. The van der Waals surface area contributed by atoms with Crippen molar-refractivity contribution in [2.24, 2.45) is 23.7 Å². The number of aliphatic hydroxyl groups is 2. The van der Waals surface area contributed by atoms with E-state index in [1.165, 1.54) is 10.8 Å². The van der Waals surface area contributed by atoms with Gasteiger partial charge in [-0.1, -0.05) is 123 Å². The maximum absolute atomic E-state index is 10.1. The Kier molecular flexibility index (Phi) is 13.3. The average molecular weight is 431 g/mol. The lowest BCUT2D eigenvalue weighted by Gasteiger charge is -2.35. The highest BCUT2D eigenvalue weighted by atomic mass is 16.3. The van der Waals surface area contributed by atoms with Crippen LogP contribution >= 0.6 is 0 Å². The van der Waals surface area contributed by atoms with Crippen LogP contribution in [0.15, 0.2) is 48.5 Å². The second-order valence-corrected chi connectivity index (χ2v) is 9.88. The number of hydrogen-bond donors (Lipinski definition) is 2. The highest BCUT2D eigenvalue weighted by Gasteiger charge is 2.32. The molecular weight excluding hydrogens is 380 g/mol. The smallest absolute Gasteiger partial charge is 0.0670 e. The van der Waals surface area contributed by atoms with Crippen molar-refractivity contribution in [1.82, 2.24) is 0 Å². The molecular formula is C29H50O2. The van der Waals surface area contributed by atoms with Gasteiger partial charge in [0.05, 0.1) is 11.2 Å². The van der Waals surface area contributed by atoms with Crippen LogP contribution in [0, 0.1) is 23.7 Å². The molecule has 2 nitrogen and oxygen atoms in total. The van der Waals surface area contributed by atoms with Crippen LogP contribution in [0.3, 0.4) is 0 Å². The van der Waals surface area contributed by atoms with Crippen LogP contribution in [0.25, 0.3) is 10.8 Å². The minimum atomic E-state index is -0.491. The van der Waals surface area contributed by atoms with E-state index in [4.69, 9.17) is 0 Å². The Hall–Kier alpha value is -1.38. The van der Waals surface area contributed by atoms with Gasteiger partial charge in [0.2, 0.25) is 0 Å². The summed E-state index contributed by atoms with van der Waals surface area (Å²) in [6, 6.07) is 16.7. The van der Waals surface area contributed by atoms with E-state index in [-0.39, 0.29) is 0 Å². The first-order valence-corrected chi connectivity index (χ1v) is 12.2. The monoisotopic (exact) mass is 430 g/mol. The molecule has 178 valence electrons. The molecule has 2 N–H and O–H groups in total. The lowest BCUT2D eigenvalue weighted by atomic mass is 9.78. The van der Waals surface area contributed by atoms with E-state index in [9.17, 15) is 10.2 Å². The molecule has 0 radical (unpaired) electrons. The summed E-state index contributed by atoms with van der Waals surface area (Å²) in [6.07, 6.45) is 3.15. The van der Waals surface area contributed by atoms with E-state index >= 15 is 0 Å². The zero-order chi connectivity index (χ0) is 24.2. The van der Waals surface area contributed by atoms with Gasteiger partial charge in [0.15, 0.2) is 0 Å². The number of hydrogen-bond acceptors (Lipinski definition) is 2. The van der Waals surface area contributed by atoms with Gasteiger partial charge >= 0.3 is 0 Å². The number of fused-ring (bicyclic) bond motifs is 1. The quantitative estimate of drug-likeness (QED) is 0.465. The Morgan fingerprint density at radius 2 is 0.839 bits per heavy atom. The summed E-state index contributed by atoms with van der Waals surface area (Å²) in [4.78, 5) is 0. The minimum absolute atomic E-state index is 0.349. The fourth-order valence-corrected chi connectivity index (χ4v) is 3.43. The minimum Gasteiger partial charge on any atom is -0.390 e. The van der Waals surface area contributed by atoms with Crippen molar-refractivity contribution in [2.45, 2.75) is 99.7 Å². The third-order valence-electron chi connectivity index (χ3n) is 7.66. The van der Waals surface area contributed by atoms with E-state index in [0.29, 0.717) is 23.7 Å². The van der Waals surface area contributed by atoms with Gasteiger partial charge in [0.25, 0.3) is 0 Å². The van der Waals surface area contributed by atoms with Crippen LogP contribution < -0.4 is 0 Å². The molecule has 0 saturated carbocycles. The molecule has 0 aliphatic heterocycles. The third-order valence-corrected chi connectivity index (χ3v) is 7.66. The first kappa shape index (κ1) is 29.6. The topological polar surface area (TPSA) is 40.5 Å². The van der Waals surface area contributed by atoms with E-state index in [1.807, 2.05) is 13.8 Å². The molecule has 0 spiro atoms. The van der Waals surface area contributed by atoms with Crippen LogP contribution in [-0.2, 0) is 0 Å². The lowest BCUT2D eigenvalue weighted by Crippen LogP contribution is -2.39. The third kappa shape index (κ3) is 9.33. The Balaban J connectivity index is 0.000000436. The summed E-state index contributed by atoms with van der Waals surface area (Å²) >= 11 is 0. The molecule has 4 atom stereocenters. The first-order chi connectivity index (χ1) is 14.4. The van der Waals surface area contributed by atoms with Gasteiger partial charge in [-0.3, -0.25) is 0 Å². The molecule has 0 bridgehead atoms. The fraction of sp³-hybridized carbons (Fsp3) is 0.655. The number of benzene rings is 2. The molecule has 0 amide bonds. The standard InChI is InChI=1S/C10H22O.C10H8.C9H20O/c1-6-8(3)10(5,11)9(4)7-2;1-2-6-10-8-4-3-7-9(10)5-1;1-6-8(4)9(5,10)7(2)3/h8-9,11H,6-7H2,1-5H3;1-8H;7-8,10H,6H2,1-5H3. The maximum atomic E-state index is 10.1. The van der Waals surface area contributed by atoms with Crippen molar-refractivity contribution in [3.8, 4) is 0 Å². The van der Waals surface area contributed by atoms with Crippen molar-refractivity contribution < 1.29 is 10.2 Å². The largest absolute Gasteiger partial charge is 0.390 e. The van der Waals surface area contributed by atoms with Gasteiger partial charge in [0.1, 0.15) is 0 Å². The van der Waals surface area contributed by atoms with Gasteiger partial charge in [-0.15, -0.1) is 0 Å².